The zero-order valence-corrected chi connectivity index (χ0v) is 15.9. The number of ether oxygens (including phenoxy) is 1. The van der Waals surface area contributed by atoms with E-state index in [0.29, 0.717) is 48.2 Å². The summed E-state index contributed by atoms with van der Waals surface area (Å²) in [6.45, 7) is 0.269. The van der Waals surface area contributed by atoms with E-state index in [1.165, 1.54) is 12.1 Å². The topological polar surface area (TPSA) is 67.4 Å². The van der Waals surface area contributed by atoms with Crippen LogP contribution in [0.3, 0.4) is 0 Å². The number of allylic oxidation sites excluding steroid dienone is 1. The number of rotatable bonds is 2. The molecule has 0 saturated carbocycles. The zero-order chi connectivity index (χ0) is 21.3. The molecule has 0 fully saturated rings. The third-order valence-corrected chi connectivity index (χ3v) is 5.10. The molecule has 2 amide bonds. The number of hydrogen-bond donors (Lipinski definition) is 2. The Labute approximate surface area is 170 Å². The van der Waals surface area contributed by atoms with Crippen molar-refractivity contribution in [3.63, 3.8) is 0 Å². The average Bonchev–Trinajstić information content (AvgIpc) is 2.89. The number of para-hydroxylation sites is 1. The molecule has 2 aliphatic rings. The van der Waals surface area contributed by atoms with E-state index in [2.05, 4.69) is 10.6 Å². The van der Waals surface area contributed by atoms with E-state index in [-0.39, 0.29) is 18.3 Å². The van der Waals surface area contributed by atoms with Gasteiger partial charge in [-0.3, -0.25) is 9.59 Å². The first-order valence-corrected chi connectivity index (χ1v) is 9.59. The van der Waals surface area contributed by atoms with Crippen molar-refractivity contribution in [2.24, 2.45) is 0 Å². The molecule has 0 spiro atoms. The number of alkyl halides is 3. The minimum atomic E-state index is -4.47. The highest BCUT2D eigenvalue weighted by atomic mass is 19.4. The van der Waals surface area contributed by atoms with Crippen LogP contribution in [0.5, 0.6) is 5.75 Å². The summed E-state index contributed by atoms with van der Waals surface area (Å²) in [5.74, 6) is -0.422. The molecule has 0 aromatic heterocycles. The van der Waals surface area contributed by atoms with Gasteiger partial charge in [-0.1, -0.05) is 18.2 Å². The molecule has 0 radical (unpaired) electrons. The summed E-state index contributed by atoms with van der Waals surface area (Å²) < 4.78 is 44.5. The Kier molecular flexibility index (Phi) is 5.24. The molecule has 5 nitrogen and oxygen atoms in total. The van der Waals surface area contributed by atoms with Crippen LogP contribution in [0.15, 0.2) is 42.5 Å². The summed E-state index contributed by atoms with van der Waals surface area (Å²) in [5, 5.41) is 5.56. The van der Waals surface area contributed by atoms with Crippen LogP contribution in [0.1, 0.15) is 36.0 Å². The van der Waals surface area contributed by atoms with Gasteiger partial charge in [-0.2, -0.15) is 13.2 Å². The maximum atomic E-state index is 13.0. The summed E-state index contributed by atoms with van der Waals surface area (Å²) in [4.78, 5) is 24.4. The molecular formula is C22H19F3N2O3. The van der Waals surface area contributed by atoms with Crippen molar-refractivity contribution in [1.29, 1.82) is 0 Å². The van der Waals surface area contributed by atoms with Gasteiger partial charge in [0, 0.05) is 18.1 Å². The van der Waals surface area contributed by atoms with Crippen LogP contribution in [-0.4, -0.2) is 18.4 Å². The highest BCUT2D eigenvalue weighted by molar-refractivity contribution is 6.08. The van der Waals surface area contributed by atoms with Gasteiger partial charge >= 0.3 is 6.18 Å². The molecule has 2 aromatic rings. The summed E-state index contributed by atoms with van der Waals surface area (Å²) in [6, 6.07) is 8.68. The number of halogens is 3. The maximum Gasteiger partial charge on any atom is 0.416 e. The van der Waals surface area contributed by atoms with E-state index in [1.54, 1.807) is 12.1 Å². The van der Waals surface area contributed by atoms with Crippen molar-refractivity contribution in [1.82, 2.24) is 0 Å². The second-order valence-electron chi connectivity index (χ2n) is 7.21. The molecule has 0 saturated heterocycles. The summed E-state index contributed by atoms with van der Waals surface area (Å²) in [5.41, 5.74) is 2.29. The molecule has 0 unspecified atom stereocenters. The molecule has 0 bridgehead atoms. The Morgan fingerprint density at radius 1 is 1.13 bits per heavy atom. The molecule has 8 heteroatoms. The van der Waals surface area contributed by atoms with Crippen molar-refractivity contribution < 1.29 is 27.5 Å². The molecular weight excluding hydrogens is 397 g/mol. The molecule has 156 valence electrons. The summed E-state index contributed by atoms with van der Waals surface area (Å²) in [6.07, 6.45) is -1.03. The highest BCUT2D eigenvalue weighted by Crippen LogP contribution is 2.38. The van der Waals surface area contributed by atoms with Gasteiger partial charge in [-0.15, -0.1) is 0 Å². The minimum absolute atomic E-state index is 0.113. The maximum absolute atomic E-state index is 13.0. The number of anilines is 2. The van der Waals surface area contributed by atoms with E-state index >= 15 is 0 Å². The molecule has 0 atom stereocenters. The Bertz CT molecular complexity index is 1040. The van der Waals surface area contributed by atoms with E-state index < -0.39 is 17.6 Å². The molecule has 2 aliphatic heterocycles. The molecule has 30 heavy (non-hydrogen) atoms. The molecule has 2 heterocycles. The third kappa shape index (κ3) is 4.17. The molecule has 2 aromatic carbocycles. The number of hydrogen-bond acceptors (Lipinski definition) is 3. The summed E-state index contributed by atoms with van der Waals surface area (Å²) in [7, 11) is 0. The second kappa shape index (κ2) is 7.85. The van der Waals surface area contributed by atoms with Gasteiger partial charge in [0.15, 0.2) is 0 Å². The van der Waals surface area contributed by atoms with Crippen molar-refractivity contribution >= 4 is 28.8 Å². The van der Waals surface area contributed by atoms with Crippen LogP contribution in [0.25, 0.3) is 5.57 Å². The van der Waals surface area contributed by atoms with Crippen LogP contribution >= 0.6 is 0 Å². The number of amides is 2. The predicted molar refractivity (Wildman–Crippen MR) is 106 cm³/mol. The average molecular weight is 416 g/mol. The quantitative estimate of drug-likeness (QED) is 0.692. The number of benzene rings is 2. The number of aryl methyl sites for hydroxylation is 1. The SMILES string of the molecule is O=C(/C=C1\CCCOc2cc(C(F)(F)F)ccc21)Nc1cccc2c1NC(=O)CC2. The van der Waals surface area contributed by atoms with E-state index in [9.17, 15) is 22.8 Å². The van der Waals surface area contributed by atoms with Crippen LogP contribution in [0.4, 0.5) is 24.5 Å². The zero-order valence-electron chi connectivity index (χ0n) is 15.9. The fourth-order valence-electron chi connectivity index (χ4n) is 3.65. The lowest BCUT2D eigenvalue weighted by atomic mass is 9.98. The van der Waals surface area contributed by atoms with E-state index in [1.807, 2.05) is 6.07 Å². The van der Waals surface area contributed by atoms with Crippen molar-refractivity contribution in [2.45, 2.75) is 31.9 Å². The normalized spacial score (nSPS) is 17.3. The smallest absolute Gasteiger partial charge is 0.416 e. The Morgan fingerprint density at radius 2 is 1.97 bits per heavy atom. The monoisotopic (exact) mass is 416 g/mol. The Hall–Kier alpha value is -3.29. The van der Waals surface area contributed by atoms with Gasteiger partial charge in [-0.05, 0) is 48.6 Å². The predicted octanol–water partition coefficient (Wildman–Crippen LogP) is 4.78. The minimum Gasteiger partial charge on any atom is -0.493 e. The van der Waals surface area contributed by atoms with Crippen LogP contribution < -0.4 is 15.4 Å². The lowest BCUT2D eigenvalue weighted by Crippen LogP contribution is -2.21. The molecule has 0 aliphatic carbocycles. The van der Waals surface area contributed by atoms with Gasteiger partial charge < -0.3 is 15.4 Å². The van der Waals surface area contributed by atoms with Gasteiger partial charge in [0.25, 0.3) is 0 Å². The third-order valence-electron chi connectivity index (χ3n) is 5.10. The van der Waals surface area contributed by atoms with Gasteiger partial charge in [0.2, 0.25) is 11.8 Å². The van der Waals surface area contributed by atoms with Crippen LogP contribution in [0, 0.1) is 0 Å². The lowest BCUT2D eigenvalue weighted by molar-refractivity contribution is -0.137. The number of carbonyl (C=O) groups excluding carboxylic acids is 2. The van der Waals surface area contributed by atoms with Crippen molar-refractivity contribution in [2.75, 3.05) is 17.2 Å². The fourth-order valence-corrected chi connectivity index (χ4v) is 3.65. The van der Waals surface area contributed by atoms with Gasteiger partial charge in [-0.25, -0.2) is 0 Å². The van der Waals surface area contributed by atoms with E-state index in [4.69, 9.17) is 4.74 Å². The summed E-state index contributed by atoms with van der Waals surface area (Å²) >= 11 is 0. The van der Waals surface area contributed by atoms with E-state index in [0.717, 1.165) is 17.7 Å². The first-order valence-electron chi connectivity index (χ1n) is 9.59. The van der Waals surface area contributed by atoms with Crippen molar-refractivity contribution in [3.8, 4) is 5.75 Å². The van der Waals surface area contributed by atoms with Gasteiger partial charge in [0.05, 0.1) is 23.5 Å². The molecule has 4 rings (SSSR count). The molecule has 2 N–H and O–H groups in total. The highest BCUT2D eigenvalue weighted by Gasteiger charge is 2.32. The van der Waals surface area contributed by atoms with Crippen LogP contribution in [0.2, 0.25) is 0 Å². The largest absolute Gasteiger partial charge is 0.493 e. The number of nitrogens with one attached hydrogen (secondary N) is 2. The number of fused-ring (bicyclic) bond motifs is 2. The first kappa shape index (κ1) is 20.0. The van der Waals surface area contributed by atoms with Gasteiger partial charge in [0.1, 0.15) is 5.75 Å². The second-order valence-corrected chi connectivity index (χ2v) is 7.21. The van der Waals surface area contributed by atoms with Crippen molar-refractivity contribution in [3.05, 3.63) is 59.2 Å². The standard InChI is InChI=1S/C22H19F3N2O3/c23-22(24,25)15-7-8-16-14(4-2-10-30-18(16)12-15)11-20(29)26-17-5-1-3-13-6-9-19(28)27-21(13)17/h1,3,5,7-8,11-12H,2,4,6,9-10H2,(H,26,29)(H,27,28)/b14-11+. The fraction of sp³-hybridized carbons (Fsp3) is 0.273. The van der Waals surface area contributed by atoms with Crippen LogP contribution in [-0.2, 0) is 22.2 Å². The first-order chi connectivity index (χ1) is 14.3. The number of carbonyl (C=O) groups is 2. The Balaban J connectivity index is 1.61. The lowest BCUT2D eigenvalue weighted by Gasteiger charge is -2.20. The Morgan fingerprint density at radius 3 is 2.77 bits per heavy atom.